The second-order valence-electron chi connectivity index (χ2n) is 7.06. The second kappa shape index (κ2) is 8.86. The van der Waals surface area contributed by atoms with Crippen molar-refractivity contribution in [2.75, 3.05) is 4.72 Å². The molecule has 3 aromatic rings. The number of anilines is 1. The van der Waals surface area contributed by atoms with E-state index in [-0.39, 0.29) is 57.3 Å². The number of carbonyl (C=O) groups excluding carboxylic acids is 2. The number of fused-ring (bicyclic) bond motifs is 1. The molecule has 0 saturated carbocycles. The van der Waals surface area contributed by atoms with Crippen LogP contribution in [-0.2, 0) is 16.4 Å². The average molecular weight is 429 g/mol. The molecule has 0 fully saturated rings. The molecule has 1 aliphatic carbocycles. The number of sulfonamides is 1. The van der Waals surface area contributed by atoms with Crippen LogP contribution in [0.5, 0.6) is 0 Å². The van der Waals surface area contributed by atoms with Gasteiger partial charge in [-0.15, -0.1) is 0 Å². The van der Waals surface area contributed by atoms with Crippen LogP contribution in [0.25, 0.3) is 0 Å². The molecule has 0 amide bonds. The Kier molecular flexibility index (Phi) is 6.62. The maximum atomic E-state index is 13.2. The molecule has 148 valence electrons. The molecule has 0 radical (unpaired) electrons. The second-order valence-corrected chi connectivity index (χ2v) is 8.71. The van der Waals surface area contributed by atoms with Crippen LogP contribution in [0.2, 0.25) is 0 Å². The molecule has 7 heteroatoms. The number of benzene rings is 3. The van der Waals surface area contributed by atoms with Gasteiger partial charge < -0.3 is 0 Å². The first-order valence-electron chi connectivity index (χ1n) is 9.22. The number of Topliss-reactive ketones (excluding diaryl/α,β-unsaturated/α-hetero) is 2. The molecular weight excluding hydrogens is 409 g/mol. The van der Waals surface area contributed by atoms with E-state index in [1.807, 2.05) is 12.1 Å². The molecular formula is C23H20NNaO4S. The number of ketones is 2. The number of aryl methyl sites for hydroxylation is 1. The molecule has 0 bridgehead atoms. The Hall–Kier alpha value is -2.25. The van der Waals surface area contributed by atoms with Crippen LogP contribution in [-0.4, -0.2) is 49.5 Å². The van der Waals surface area contributed by atoms with Crippen molar-refractivity contribution in [2.24, 2.45) is 5.92 Å². The van der Waals surface area contributed by atoms with Gasteiger partial charge in [-0.25, -0.2) is 8.42 Å². The number of hydrogen-bond donors (Lipinski definition) is 1. The zero-order valence-electron chi connectivity index (χ0n) is 15.8. The SMILES string of the molecule is Cc1ccccc1S(=O)(=O)Nc1ccccc1C(=O)C1Cc2ccccc2C1=O.[NaH]. The van der Waals surface area contributed by atoms with E-state index in [0.717, 1.165) is 5.56 Å². The van der Waals surface area contributed by atoms with Crippen LogP contribution in [0, 0.1) is 12.8 Å². The Morgan fingerprint density at radius 3 is 2.30 bits per heavy atom. The van der Waals surface area contributed by atoms with Crippen molar-refractivity contribution in [1.82, 2.24) is 0 Å². The van der Waals surface area contributed by atoms with Gasteiger partial charge in [-0.3, -0.25) is 14.3 Å². The van der Waals surface area contributed by atoms with Crippen LogP contribution in [0.15, 0.2) is 77.7 Å². The topological polar surface area (TPSA) is 80.3 Å². The molecule has 5 nitrogen and oxygen atoms in total. The van der Waals surface area contributed by atoms with Gasteiger partial charge in [-0.2, -0.15) is 0 Å². The fourth-order valence-corrected chi connectivity index (χ4v) is 5.01. The zero-order chi connectivity index (χ0) is 20.6. The molecule has 0 aromatic heterocycles. The van der Waals surface area contributed by atoms with Crippen LogP contribution < -0.4 is 4.72 Å². The molecule has 0 aliphatic heterocycles. The van der Waals surface area contributed by atoms with Gasteiger partial charge in [0.1, 0.15) is 0 Å². The first kappa shape index (κ1) is 22.4. The van der Waals surface area contributed by atoms with Gasteiger partial charge >= 0.3 is 29.6 Å². The maximum absolute atomic E-state index is 13.2. The van der Waals surface area contributed by atoms with Gasteiger partial charge in [-0.1, -0.05) is 54.6 Å². The number of nitrogens with one attached hydrogen (secondary N) is 1. The van der Waals surface area contributed by atoms with Gasteiger partial charge in [-0.05, 0) is 42.7 Å². The molecule has 30 heavy (non-hydrogen) atoms. The number of carbonyl (C=O) groups is 2. The minimum absolute atomic E-state index is 0. The summed E-state index contributed by atoms with van der Waals surface area (Å²) < 4.78 is 28.3. The van der Waals surface area contributed by atoms with Gasteiger partial charge in [0.2, 0.25) is 0 Å². The van der Waals surface area contributed by atoms with E-state index in [0.29, 0.717) is 17.5 Å². The molecule has 1 atom stereocenters. The first-order valence-corrected chi connectivity index (χ1v) is 10.7. The monoisotopic (exact) mass is 429 g/mol. The van der Waals surface area contributed by atoms with Crippen LogP contribution in [0.4, 0.5) is 5.69 Å². The van der Waals surface area contributed by atoms with E-state index >= 15 is 0 Å². The Bertz CT molecular complexity index is 1240. The van der Waals surface area contributed by atoms with Crippen LogP contribution in [0.3, 0.4) is 0 Å². The Balaban J connectivity index is 0.00000256. The summed E-state index contributed by atoms with van der Waals surface area (Å²) in [4.78, 5) is 26.0. The average Bonchev–Trinajstić information content (AvgIpc) is 3.05. The van der Waals surface area contributed by atoms with Crippen molar-refractivity contribution in [3.05, 3.63) is 95.1 Å². The van der Waals surface area contributed by atoms with Gasteiger partial charge in [0.25, 0.3) is 10.0 Å². The normalized spacial score (nSPS) is 15.2. The van der Waals surface area contributed by atoms with E-state index < -0.39 is 15.9 Å². The van der Waals surface area contributed by atoms with Gasteiger partial charge in [0.05, 0.1) is 16.5 Å². The van der Waals surface area contributed by atoms with Crippen molar-refractivity contribution in [3.63, 3.8) is 0 Å². The summed E-state index contributed by atoms with van der Waals surface area (Å²) >= 11 is 0. The summed E-state index contributed by atoms with van der Waals surface area (Å²) in [5.74, 6) is -1.44. The van der Waals surface area contributed by atoms with E-state index in [4.69, 9.17) is 0 Å². The summed E-state index contributed by atoms with van der Waals surface area (Å²) in [5, 5.41) is 0. The first-order chi connectivity index (χ1) is 13.9. The summed E-state index contributed by atoms with van der Waals surface area (Å²) in [6, 6.07) is 20.2. The van der Waals surface area contributed by atoms with Crippen molar-refractivity contribution >= 4 is 56.8 Å². The third-order valence-corrected chi connectivity index (χ3v) is 6.69. The summed E-state index contributed by atoms with van der Waals surface area (Å²) in [5.41, 5.74) is 2.36. The zero-order valence-corrected chi connectivity index (χ0v) is 16.6. The third kappa shape index (κ3) is 4.14. The molecule has 3 aromatic carbocycles. The van der Waals surface area contributed by atoms with Crippen molar-refractivity contribution in [1.29, 1.82) is 0 Å². The minimum atomic E-state index is -3.88. The quantitative estimate of drug-likeness (QED) is 0.383. The number of hydrogen-bond acceptors (Lipinski definition) is 4. The predicted octanol–water partition coefficient (Wildman–Crippen LogP) is 3.39. The van der Waals surface area contributed by atoms with E-state index in [9.17, 15) is 18.0 Å². The van der Waals surface area contributed by atoms with Crippen molar-refractivity contribution in [2.45, 2.75) is 18.2 Å². The third-order valence-electron chi connectivity index (χ3n) is 5.16. The van der Waals surface area contributed by atoms with Crippen LogP contribution >= 0.6 is 0 Å². The predicted molar refractivity (Wildman–Crippen MR) is 118 cm³/mol. The standard InChI is InChI=1S/C23H19NO4S.Na.H/c1-15-8-2-7-13-21(15)29(27,28)24-20-12-6-5-11-18(20)23(26)19-14-16-9-3-4-10-17(16)22(19)25;;/h2-13,19,24H,14H2,1H3;;. The van der Waals surface area contributed by atoms with Crippen molar-refractivity contribution < 1.29 is 18.0 Å². The Labute approximate surface area is 197 Å². The Morgan fingerprint density at radius 2 is 1.57 bits per heavy atom. The molecule has 1 N–H and O–H groups in total. The fraction of sp³-hybridized carbons (Fsp3) is 0.130. The summed E-state index contributed by atoms with van der Waals surface area (Å²) in [7, 11) is -3.88. The Morgan fingerprint density at radius 1 is 0.933 bits per heavy atom. The fourth-order valence-electron chi connectivity index (χ4n) is 3.68. The molecule has 0 heterocycles. The van der Waals surface area contributed by atoms with Gasteiger partial charge in [0, 0.05) is 11.1 Å². The van der Waals surface area contributed by atoms with E-state index in [1.54, 1.807) is 55.5 Å². The summed E-state index contributed by atoms with van der Waals surface area (Å²) in [6.45, 7) is 1.71. The molecule has 1 aliphatic rings. The summed E-state index contributed by atoms with van der Waals surface area (Å²) in [6.07, 6.45) is 0.326. The molecule has 1 unspecified atom stereocenters. The van der Waals surface area contributed by atoms with E-state index in [1.165, 1.54) is 12.1 Å². The number of para-hydroxylation sites is 1. The van der Waals surface area contributed by atoms with Crippen molar-refractivity contribution in [3.8, 4) is 0 Å². The van der Waals surface area contributed by atoms with E-state index in [2.05, 4.69) is 4.72 Å². The number of rotatable bonds is 5. The molecule has 4 rings (SSSR count). The molecule has 0 saturated heterocycles. The van der Waals surface area contributed by atoms with Gasteiger partial charge in [0.15, 0.2) is 11.6 Å². The molecule has 0 spiro atoms. The van der Waals surface area contributed by atoms with Crippen LogP contribution in [0.1, 0.15) is 31.8 Å².